The number of phenols is 1. The van der Waals surface area contributed by atoms with Crippen molar-refractivity contribution in [1.82, 2.24) is 0 Å². The van der Waals surface area contributed by atoms with Gasteiger partial charge in [0.15, 0.2) is 0 Å². The highest BCUT2D eigenvalue weighted by atomic mass is 16.5. The average molecular weight is 236 g/mol. The molecule has 0 aliphatic rings. The van der Waals surface area contributed by atoms with Crippen LogP contribution < -0.4 is 11.5 Å². The van der Waals surface area contributed by atoms with E-state index in [1.165, 1.54) is 13.2 Å². The van der Waals surface area contributed by atoms with Gasteiger partial charge in [-0.15, -0.1) is 0 Å². The Hall–Kier alpha value is -1.85. The molecule has 0 atom stereocenters. The summed E-state index contributed by atoms with van der Waals surface area (Å²) in [4.78, 5) is 11.0. The third-order valence-corrected chi connectivity index (χ3v) is 2.36. The largest absolute Gasteiger partial charge is 0.508 e. The van der Waals surface area contributed by atoms with Gasteiger partial charge in [0.05, 0.1) is 7.11 Å². The standard InChI is InChI=1S/C12H16N2O3/c1-17-12(16)3-2-11-8(6-13)4-10(15)5-9(11)7-14/h2-5,15H,6-7,13-14H2,1H3. The van der Waals surface area contributed by atoms with E-state index in [1.54, 1.807) is 18.2 Å². The third-order valence-electron chi connectivity index (χ3n) is 2.36. The summed E-state index contributed by atoms with van der Waals surface area (Å²) in [5.74, 6) is -0.342. The van der Waals surface area contributed by atoms with E-state index in [0.29, 0.717) is 0 Å². The number of phenolic OH excluding ortho intramolecular Hbond substituents is 1. The van der Waals surface area contributed by atoms with Gasteiger partial charge in [-0.3, -0.25) is 0 Å². The molecule has 0 radical (unpaired) electrons. The fourth-order valence-electron chi connectivity index (χ4n) is 1.53. The quantitative estimate of drug-likeness (QED) is 0.522. The van der Waals surface area contributed by atoms with Crippen molar-refractivity contribution in [1.29, 1.82) is 0 Å². The molecule has 5 nitrogen and oxygen atoms in total. The molecule has 0 aliphatic carbocycles. The summed E-state index contributed by atoms with van der Waals surface area (Å²) >= 11 is 0. The van der Waals surface area contributed by atoms with E-state index in [-0.39, 0.29) is 18.8 Å². The van der Waals surface area contributed by atoms with Crippen LogP contribution >= 0.6 is 0 Å². The highest BCUT2D eigenvalue weighted by Gasteiger charge is 2.07. The zero-order valence-electron chi connectivity index (χ0n) is 9.64. The Balaban J connectivity index is 3.19. The first-order valence-corrected chi connectivity index (χ1v) is 5.13. The van der Waals surface area contributed by atoms with E-state index in [9.17, 15) is 9.90 Å². The zero-order valence-corrected chi connectivity index (χ0v) is 9.64. The second-order valence-corrected chi connectivity index (χ2v) is 3.44. The number of hydrogen-bond donors (Lipinski definition) is 3. The van der Waals surface area contributed by atoms with Crippen molar-refractivity contribution in [3.8, 4) is 5.75 Å². The highest BCUT2D eigenvalue weighted by Crippen LogP contribution is 2.22. The number of benzene rings is 1. The van der Waals surface area contributed by atoms with Gasteiger partial charge >= 0.3 is 5.97 Å². The van der Waals surface area contributed by atoms with Crippen molar-refractivity contribution in [2.45, 2.75) is 13.1 Å². The van der Waals surface area contributed by atoms with Gasteiger partial charge in [-0.2, -0.15) is 0 Å². The predicted octanol–water partition coefficient (Wildman–Crippen LogP) is 0.496. The fraction of sp³-hybridized carbons (Fsp3) is 0.250. The summed E-state index contributed by atoms with van der Waals surface area (Å²) < 4.78 is 4.51. The number of carbonyl (C=O) groups is 1. The van der Waals surface area contributed by atoms with E-state index in [1.807, 2.05) is 0 Å². The lowest BCUT2D eigenvalue weighted by molar-refractivity contribution is -0.134. The smallest absolute Gasteiger partial charge is 0.330 e. The Morgan fingerprint density at radius 2 is 1.88 bits per heavy atom. The lowest BCUT2D eigenvalue weighted by Gasteiger charge is -2.10. The number of methoxy groups -OCH3 is 1. The molecule has 0 heterocycles. The van der Waals surface area contributed by atoms with Gasteiger partial charge in [-0.1, -0.05) is 0 Å². The van der Waals surface area contributed by atoms with Crippen LogP contribution in [0.4, 0.5) is 0 Å². The van der Waals surface area contributed by atoms with Gasteiger partial charge in [-0.25, -0.2) is 4.79 Å². The molecule has 92 valence electrons. The lowest BCUT2D eigenvalue weighted by atomic mass is 9.99. The highest BCUT2D eigenvalue weighted by molar-refractivity contribution is 5.87. The number of rotatable bonds is 4. The molecular formula is C12H16N2O3. The van der Waals surface area contributed by atoms with Crippen molar-refractivity contribution >= 4 is 12.0 Å². The molecule has 17 heavy (non-hydrogen) atoms. The van der Waals surface area contributed by atoms with E-state index in [2.05, 4.69) is 4.74 Å². The monoisotopic (exact) mass is 236 g/mol. The Labute approximate surface area is 99.7 Å². The molecule has 1 rings (SSSR count). The number of aromatic hydroxyl groups is 1. The molecule has 0 aliphatic heterocycles. The van der Waals surface area contributed by atoms with Crippen LogP contribution in [0.25, 0.3) is 6.08 Å². The summed E-state index contributed by atoms with van der Waals surface area (Å²) in [6.07, 6.45) is 2.89. The lowest BCUT2D eigenvalue weighted by Crippen LogP contribution is -2.06. The molecule has 0 fully saturated rings. The molecule has 5 heteroatoms. The van der Waals surface area contributed by atoms with Gasteiger partial charge in [-0.05, 0) is 34.9 Å². The van der Waals surface area contributed by atoms with Crippen LogP contribution in [0, 0.1) is 0 Å². The average Bonchev–Trinajstić information content (AvgIpc) is 2.35. The molecule has 0 bridgehead atoms. The van der Waals surface area contributed by atoms with Crippen molar-refractivity contribution in [2.24, 2.45) is 11.5 Å². The first-order valence-electron chi connectivity index (χ1n) is 5.13. The second kappa shape index (κ2) is 6.03. The molecule has 0 unspecified atom stereocenters. The SMILES string of the molecule is COC(=O)C=Cc1c(CN)cc(O)cc1CN. The summed E-state index contributed by atoms with van der Waals surface area (Å²) in [7, 11) is 1.30. The van der Waals surface area contributed by atoms with Gasteiger partial charge in [0.25, 0.3) is 0 Å². The predicted molar refractivity (Wildman–Crippen MR) is 64.9 cm³/mol. The summed E-state index contributed by atoms with van der Waals surface area (Å²) in [6.45, 7) is 0.504. The summed E-state index contributed by atoms with van der Waals surface area (Å²) in [6, 6.07) is 3.10. The summed E-state index contributed by atoms with van der Waals surface area (Å²) in [5.41, 5.74) is 13.4. The third kappa shape index (κ3) is 3.30. The molecule has 0 saturated heterocycles. The van der Waals surface area contributed by atoms with Crippen LogP contribution in [-0.4, -0.2) is 18.2 Å². The van der Waals surface area contributed by atoms with Crippen LogP contribution in [0.15, 0.2) is 18.2 Å². The first kappa shape index (κ1) is 13.2. The zero-order chi connectivity index (χ0) is 12.8. The van der Waals surface area contributed by atoms with E-state index >= 15 is 0 Å². The number of ether oxygens (including phenoxy) is 1. The van der Waals surface area contributed by atoms with Gasteiger partial charge in [0.2, 0.25) is 0 Å². The van der Waals surface area contributed by atoms with Crippen molar-refractivity contribution < 1.29 is 14.6 Å². The minimum absolute atomic E-state index is 0.112. The van der Waals surface area contributed by atoms with E-state index in [4.69, 9.17) is 11.5 Å². The topological polar surface area (TPSA) is 98.6 Å². The van der Waals surface area contributed by atoms with Crippen LogP contribution in [0.2, 0.25) is 0 Å². The van der Waals surface area contributed by atoms with Crippen molar-refractivity contribution in [2.75, 3.05) is 7.11 Å². The summed E-state index contributed by atoms with van der Waals surface area (Å²) in [5, 5.41) is 9.48. The van der Waals surface area contributed by atoms with E-state index in [0.717, 1.165) is 16.7 Å². The molecule has 0 spiro atoms. The minimum atomic E-state index is -0.455. The Bertz CT molecular complexity index is 416. The minimum Gasteiger partial charge on any atom is -0.508 e. The molecule has 0 saturated carbocycles. The van der Waals surface area contributed by atoms with Crippen LogP contribution in [0.5, 0.6) is 5.75 Å². The molecule has 5 N–H and O–H groups in total. The molecule has 1 aromatic rings. The van der Waals surface area contributed by atoms with E-state index < -0.39 is 5.97 Å². The molecule has 0 amide bonds. The maximum atomic E-state index is 11.0. The molecule has 0 aromatic heterocycles. The van der Waals surface area contributed by atoms with Crippen molar-refractivity contribution in [3.05, 3.63) is 34.9 Å². The van der Waals surface area contributed by atoms with Crippen molar-refractivity contribution in [3.63, 3.8) is 0 Å². The van der Waals surface area contributed by atoms with Gasteiger partial charge in [0, 0.05) is 19.2 Å². The first-order chi connectivity index (χ1) is 8.12. The normalized spacial score (nSPS) is 10.8. The maximum absolute atomic E-state index is 11.0. The fourth-order valence-corrected chi connectivity index (χ4v) is 1.53. The van der Waals surface area contributed by atoms with Crippen LogP contribution in [-0.2, 0) is 22.6 Å². The number of esters is 1. The molecule has 1 aromatic carbocycles. The Morgan fingerprint density at radius 3 is 2.29 bits per heavy atom. The molecular weight excluding hydrogens is 220 g/mol. The van der Waals surface area contributed by atoms with Crippen LogP contribution in [0.3, 0.4) is 0 Å². The van der Waals surface area contributed by atoms with Gasteiger partial charge < -0.3 is 21.3 Å². The Kier molecular flexibility index (Phi) is 4.68. The maximum Gasteiger partial charge on any atom is 0.330 e. The van der Waals surface area contributed by atoms with Crippen LogP contribution in [0.1, 0.15) is 16.7 Å². The number of carbonyl (C=O) groups excluding carboxylic acids is 1. The Morgan fingerprint density at radius 1 is 1.35 bits per heavy atom. The number of nitrogens with two attached hydrogens (primary N) is 2. The van der Waals surface area contributed by atoms with Gasteiger partial charge in [0.1, 0.15) is 5.75 Å². The second-order valence-electron chi connectivity index (χ2n) is 3.44. The number of hydrogen-bond acceptors (Lipinski definition) is 5.